The summed E-state index contributed by atoms with van der Waals surface area (Å²) in [5, 5.41) is 16.7. The molecular weight excluding hydrogens is 337 g/mol. The van der Waals surface area contributed by atoms with Gasteiger partial charge in [-0.25, -0.2) is 0 Å². The number of benzene rings is 2. The van der Waals surface area contributed by atoms with Crippen LogP contribution in [0.25, 0.3) is 0 Å². The summed E-state index contributed by atoms with van der Waals surface area (Å²) >= 11 is 0. The van der Waals surface area contributed by atoms with Gasteiger partial charge in [-0.3, -0.25) is 20.2 Å². The van der Waals surface area contributed by atoms with Crippen LogP contribution in [0.3, 0.4) is 0 Å². The van der Waals surface area contributed by atoms with Crippen LogP contribution in [0.2, 0.25) is 0 Å². The number of nitro benzene ring substituents is 1. The molecule has 0 bridgehead atoms. The van der Waals surface area contributed by atoms with Crippen LogP contribution in [0.5, 0.6) is 0 Å². The fourth-order valence-corrected chi connectivity index (χ4v) is 3.29. The van der Waals surface area contributed by atoms with Gasteiger partial charge in [0.05, 0.1) is 11.0 Å². The second-order valence-corrected chi connectivity index (χ2v) is 6.44. The van der Waals surface area contributed by atoms with E-state index in [9.17, 15) is 19.3 Å². The molecule has 3 rings (SSSR count). The van der Waals surface area contributed by atoms with E-state index in [1.165, 1.54) is 17.2 Å². The first-order valence-corrected chi connectivity index (χ1v) is 8.54. The van der Waals surface area contributed by atoms with E-state index in [1.54, 1.807) is 6.92 Å². The first kappa shape index (κ1) is 18.0. The number of carbonyl (C=O) groups excluding carboxylic acids is 1. The number of nitrogens with one attached hydrogen (secondary N) is 2. The molecule has 0 unspecified atom stereocenters. The van der Waals surface area contributed by atoms with Gasteiger partial charge >= 0.3 is 5.69 Å². The van der Waals surface area contributed by atoms with Crippen molar-refractivity contribution in [1.29, 1.82) is 0 Å². The van der Waals surface area contributed by atoms with E-state index >= 15 is 0 Å². The second kappa shape index (κ2) is 7.61. The zero-order valence-electron chi connectivity index (χ0n) is 14.4. The number of nitro groups is 1. The summed E-state index contributed by atoms with van der Waals surface area (Å²) in [7, 11) is 0. The minimum absolute atomic E-state index is 0.0863. The van der Waals surface area contributed by atoms with E-state index in [4.69, 9.17) is 0 Å². The molecule has 1 aliphatic rings. The topological polar surface area (TPSA) is 84.3 Å². The third kappa shape index (κ3) is 3.88. The number of halogens is 1. The van der Waals surface area contributed by atoms with Gasteiger partial charge in [-0.15, -0.1) is 0 Å². The molecular formula is C19H20FN3O3. The zero-order valence-corrected chi connectivity index (χ0v) is 14.4. The monoisotopic (exact) mass is 357 g/mol. The van der Waals surface area contributed by atoms with Gasteiger partial charge in [0, 0.05) is 17.8 Å². The van der Waals surface area contributed by atoms with Crippen LogP contribution in [0.15, 0.2) is 42.5 Å². The molecule has 0 spiro atoms. The van der Waals surface area contributed by atoms with Gasteiger partial charge in [-0.1, -0.05) is 24.3 Å². The SMILES string of the molecule is C[C@@H](N[C@H]1CCCc2ccccc21)C(=O)Nc1ccc(F)c([N+](=O)[O-])c1. The van der Waals surface area contributed by atoms with E-state index in [-0.39, 0.29) is 17.6 Å². The lowest BCUT2D eigenvalue weighted by atomic mass is 9.87. The molecule has 0 saturated heterocycles. The smallest absolute Gasteiger partial charge is 0.306 e. The fourth-order valence-electron chi connectivity index (χ4n) is 3.29. The summed E-state index contributed by atoms with van der Waals surface area (Å²) in [6, 6.07) is 11.1. The lowest BCUT2D eigenvalue weighted by Crippen LogP contribution is -2.41. The Balaban J connectivity index is 1.68. The maximum Gasteiger partial charge on any atom is 0.306 e. The number of aryl methyl sites for hydroxylation is 1. The number of carbonyl (C=O) groups is 1. The Kier molecular flexibility index (Phi) is 5.27. The molecule has 2 N–H and O–H groups in total. The molecule has 26 heavy (non-hydrogen) atoms. The van der Waals surface area contributed by atoms with Crippen LogP contribution in [0.4, 0.5) is 15.8 Å². The summed E-state index contributed by atoms with van der Waals surface area (Å²) in [5.41, 5.74) is 2.03. The number of rotatable bonds is 5. The number of hydrogen-bond donors (Lipinski definition) is 2. The molecule has 0 aliphatic heterocycles. The van der Waals surface area contributed by atoms with Crippen molar-refractivity contribution in [3.8, 4) is 0 Å². The molecule has 2 aromatic carbocycles. The molecule has 2 atom stereocenters. The largest absolute Gasteiger partial charge is 0.324 e. The van der Waals surface area contributed by atoms with Crippen LogP contribution in [0, 0.1) is 15.9 Å². The van der Waals surface area contributed by atoms with Crippen molar-refractivity contribution in [3.63, 3.8) is 0 Å². The van der Waals surface area contributed by atoms with Gasteiger partial charge in [0.25, 0.3) is 0 Å². The molecule has 0 fully saturated rings. The minimum atomic E-state index is -0.932. The quantitative estimate of drug-likeness (QED) is 0.631. The van der Waals surface area contributed by atoms with Crippen LogP contribution in [-0.4, -0.2) is 16.9 Å². The van der Waals surface area contributed by atoms with Crippen LogP contribution in [0.1, 0.15) is 36.9 Å². The fraction of sp³-hybridized carbons (Fsp3) is 0.316. The van der Waals surface area contributed by atoms with E-state index < -0.39 is 22.5 Å². The molecule has 0 radical (unpaired) electrons. The summed E-state index contributed by atoms with van der Waals surface area (Å²) in [6.07, 6.45) is 3.03. The van der Waals surface area contributed by atoms with Crippen molar-refractivity contribution in [1.82, 2.24) is 5.32 Å². The summed E-state index contributed by atoms with van der Waals surface area (Å²) in [6.45, 7) is 1.74. The highest BCUT2D eigenvalue weighted by Gasteiger charge is 2.24. The average molecular weight is 357 g/mol. The van der Waals surface area contributed by atoms with Crippen LogP contribution in [-0.2, 0) is 11.2 Å². The summed E-state index contributed by atoms with van der Waals surface area (Å²) < 4.78 is 13.4. The standard InChI is InChI=1S/C19H20FN3O3/c1-12(21-17-8-4-6-13-5-2-3-7-15(13)17)19(24)22-14-9-10-16(20)18(11-14)23(25)26/h2-3,5,7,9-12,17,21H,4,6,8H2,1H3,(H,22,24)/t12-,17+/m1/s1. The average Bonchev–Trinajstić information content (AvgIpc) is 2.63. The third-order valence-corrected chi connectivity index (χ3v) is 4.62. The summed E-state index contributed by atoms with van der Waals surface area (Å²) in [5.74, 6) is -1.26. The van der Waals surface area contributed by atoms with Gasteiger partial charge in [-0.2, -0.15) is 4.39 Å². The lowest BCUT2D eigenvalue weighted by Gasteiger charge is -2.28. The Labute approximate surface area is 150 Å². The van der Waals surface area contributed by atoms with Gasteiger partial charge in [0.15, 0.2) is 0 Å². The number of hydrogen-bond acceptors (Lipinski definition) is 4. The Hall–Kier alpha value is -2.80. The van der Waals surface area contributed by atoms with Gasteiger partial charge < -0.3 is 5.32 Å². The molecule has 7 heteroatoms. The van der Waals surface area contributed by atoms with Crippen molar-refractivity contribution in [3.05, 3.63) is 69.5 Å². The molecule has 0 heterocycles. The van der Waals surface area contributed by atoms with Gasteiger partial charge in [0.2, 0.25) is 11.7 Å². The third-order valence-electron chi connectivity index (χ3n) is 4.62. The van der Waals surface area contributed by atoms with E-state index in [0.29, 0.717) is 0 Å². The molecule has 136 valence electrons. The van der Waals surface area contributed by atoms with E-state index in [1.807, 2.05) is 12.1 Å². The van der Waals surface area contributed by atoms with Crippen molar-refractivity contribution < 1.29 is 14.1 Å². The second-order valence-electron chi connectivity index (χ2n) is 6.44. The minimum Gasteiger partial charge on any atom is -0.324 e. The van der Waals surface area contributed by atoms with Gasteiger partial charge in [-0.05, 0) is 49.4 Å². The number of anilines is 1. The first-order valence-electron chi connectivity index (χ1n) is 8.54. The lowest BCUT2D eigenvalue weighted by molar-refractivity contribution is -0.387. The van der Waals surface area contributed by atoms with E-state index in [2.05, 4.69) is 22.8 Å². The molecule has 2 aromatic rings. The van der Waals surface area contributed by atoms with Crippen LogP contribution < -0.4 is 10.6 Å². The molecule has 0 aromatic heterocycles. The van der Waals surface area contributed by atoms with Crippen molar-refractivity contribution in [2.75, 3.05) is 5.32 Å². The highest BCUT2D eigenvalue weighted by molar-refractivity contribution is 5.94. The highest BCUT2D eigenvalue weighted by Crippen LogP contribution is 2.30. The Bertz CT molecular complexity index is 841. The Morgan fingerprint density at radius 1 is 1.31 bits per heavy atom. The zero-order chi connectivity index (χ0) is 18.7. The molecule has 1 aliphatic carbocycles. The highest BCUT2D eigenvalue weighted by atomic mass is 19.1. The molecule has 0 saturated carbocycles. The van der Waals surface area contributed by atoms with Crippen molar-refractivity contribution in [2.24, 2.45) is 0 Å². The maximum atomic E-state index is 13.4. The summed E-state index contributed by atoms with van der Waals surface area (Å²) in [4.78, 5) is 22.4. The molecule has 1 amide bonds. The normalized spacial score (nSPS) is 17.2. The maximum absolute atomic E-state index is 13.4. The predicted molar refractivity (Wildman–Crippen MR) is 96.4 cm³/mol. The Morgan fingerprint density at radius 3 is 2.85 bits per heavy atom. The number of amides is 1. The molecule has 6 nitrogen and oxygen atoms in total. The first-order chi connectivity index (χ1) is 12.5. The predicted octanol–water partition coefficient (Wildman–Crippen LogP) is 3.73. The number of fused-ring (bicyclic) bond motifs is 1. The van der Waals surface area contributed by atoms with Crippen molar-refractivity contribution >= 4 is 17.3 Å². The van der Waals surface area contributed by atoms with Crippen LogP contribution >= 0.6 is 0 Å². The van der Waals surface area contributed by atoms with E-state index in [0.717, 1.165) is 31.4 Å². The van der Waals surface area contributed by atoms with Gasteiger partial charge in [0.1, 0.15) is 0 Å². The Morgan fingerprint density at radius 2 is 2.08 bits per heavy atom. The van der Waals surface area contributed by atoms with Crippen molar-refractivity contribution in [2.45, 2.75) is 38.3 Å². The number of nitrogens with zero attached hydrogens (tertiary/aromatic N) is 1.